The first-order valence-electron chi connectivity index (χ1n) is 15.1. The number of amides is 2. The number of carbonyl (C=O) groups excluding carboxylic acids is 4. The highest BCUT2D eigenvalue weighted by molar-refractivity contribution is 6.22. The number of nitrogens with zero attached hydrogens (tertiary/aromatic N) is 1. The number of hydrogen-bond acceptors (Lipinski definition) is 10. The molecular weight excluding hydrogens is 592 g/mol. The number of ketones is 2. The van der Waals surface area contributed by atoms with Gasteiger partial charge in [-0.15, -0.1) is 0 Å². The lowest BCUT2D eigenvalue weighted by Gasteiger charge is -2.46. The number of phenolic OH excluding ortho intramolecular Hbond substituents is 1. The average molecular weight is 639 g/mol. The molecule has 46 heavy (non-hydrogen) atoms. The zero-order valence-electron chi connectivity index (χ0n) is 27.5. The molecule has 0 radical (unpaired) electrons. The molecule has 12 nitrogen and oxygen atoms in total. The minimum absolute atomic E-state index is 0.00776. The van der Waals surface area contributed by atoms with Crippen molar-refractivity contribution >= 4 is 35.3 Å². The topological polar surface area (TPSA) is 203 Å². The minimum atomic E-state index is -2.60. The number of fused-ring (bicyclic) bond motifs is 3. The fourth-order valence-corrected chi connectivity index (χ4v) is 5.74. The quantitative estimate of drug-likeness (QED) is 0.188. The van der Waals surface area contributed by atoms with E-state index in [1.54, 1.807) is 30.3 Å². The Labute approximate surface area is 269 Å². The van der Waals surface area contributed by atoms with Crippen molar-refractivity contribution in [3.05, 3.63) is 64.4 Å². The molecule has 5 rings (SSSR count). The molecule has 0 spiro atoms. The van der Waals surface area contributed by atoms with Crippen LogP contribution in [0.2, 0.25) is 0 Å². The van der Waals surface area contributed by atoms with Crippen LogP contribution in [0, 0.1) is 11.8 Å². The van der Waals surface area contributed by atoms with Gasteiger partial charge in [-0.05, 0) is 88.4 Å². The molecule has 2 aromatic carbocycles. The summed E-state index contributed by atoms with van der Waals surface area (Å²) in [5.74, 6) is -6.70. The highest BCUT2D eigenvalue weighted by Crippen LogP contribution is 2.53. The smallest absolute Gasteiger partial charge is 0.255 e. The normalized spacial score (nSPS) is 21.2. The van der Waals surface area contributed by atoms with E-state index in [1.165, 1.54) is 6.07 Å². The number of carbonyl (C=O) groups is 4. The van der Waals surface area contributed by atoms with Gasteiger partial charge in [0.25, 0.3) is 5.91 Å². The van der Waals surface area contributed by atoms with E-state index in [1.807, 2.05) is 27.9 Å². The Bertz CT molecular complexity index is 1530. The molecule has 3 aliphatic rings. The number of benzene rings is 2. The zero-order chi connectivity index (χ0) is 34.9. The van der Waals surface area contributed by atoms with Gasteiger partial charge in [-0.2, -0.15) is 0 Å². The van der Waals surface area contributed by atoms with Crippen LogP contribution in [-0.4, -0.2) is 89.5 Å². The maximum absolute atomic E-state index is 13.6. The highest BCUT2D eigenvalue weighted by atomic mass is 16.3. The first-order chi connectivity index (χ1) is 21.8. The maximum atomic E-state index is 13.6. The predicted molar refractivity (Wildman–Crippen MR) is 177 cm³/mol. The van der Waals surface area contributed by atoms with Gasteiger partial charge in [-0.1, -0.05) is 39.0 Å². The van der Waals surface area contributed by atoms with Crippen LogP contribution in [0.4, 0.5) is 5.69 Å². The van der Waals surface area contributed by atoms with Crippen molar-refractivity contribution in [1.29, 1.82) is 0 Å². The number of hydrogen-bond donors (Lipinski definition) is 7. The molecular formula is C34H46N4O8. The van der Waals surface area contributed by atoms with Gasteiger partial charge in [-0.25, -0.2) is 0 Å². The molecule has 1 unspecified atom stereocenters. The summed E-state index contributed by atoms with van der Waals surface area (Å²) in [5, 5.41) is 49.1. The van der Waals surface area contributed by atoms with Gasteiger partial charge in [0, 0.05) is 23.6 Å². The molecule has 1 saturated carbocycles. The number of rotatable bonds is 5. The van der Waals surface area contributed by atoms with Gasteiger partial charge >= 0.3 is 0 Å². The van der Waals surface area contributed by atoms with Crippen molar-refractivity contribution in [2.75, 3.05) is 40.1 Å². The average Bonchev–Trinajstić information content (AvgIpc) is 3.01. The third-order valence-electron chi connectivity index (χ3n) is 7.98. The zero-order valence-corrected chi connectivity index (χ0v) is 27.5. The third kappa shape index (κ3) is 7.30. The molecule has 12 heteroatoms. The summed E-state index contributed by atoms with van der Waals surface area (Å²) in [5.41, 5.74) is 3.99. The number of aliphatic hydroxyl groups excluding tert-OH is 2. The Hall–Kier alpha value is -4.52. The predicted octanol–water partition coefficient (Wildman–Crippen LogP) is 3.09. The molecule has 3 atom stereocenters. The summed E-state index contributed by atoms with van der Waals surface area (Å²) in [6.07, 6.45) is 0.391. The van der Waals surface area contributed by atoms with Gasteiger partial charge in [-0.3, -0.25) is 19.2 Å². The summed E-state index contributed by atoms with van der Waals surface area (Å²) in [7, 11) is 7.86. The summed E-state index contributed by atoms with van der Waals surface area (Å²) in [6, 6.07) is 9.95. The second-order valence-electron chi connectivity index (χ2n) is 11.1. The summed E-state index contributed by atoms with van der Waals surface area (Å²) in [6.45, 7) is 7.26. The van der Waals surface area contributed by atoms with Gasteiger partial charge < -0.3 is 41.7 Å². The summed E-state index contributed by atoms with van der Waals surface area (Å²) < 4.78 is 0. The van der Waals surface area contributed by atoms with Crippen LogP contribution in [-0.2, 0) is 25.6 Å². The van der Waals surface area contributed by atoms with Crippen molar-refractivity contribution in [1.82, 2.24) is 10.2 Å². The number of phenols is 1. The maximum Gasteiger partial charge on any atom is 0.255 e. The molecule has 0 aromatic heterocycles. The lowest BCUT2D eigenvalue weighted by atomic mass is 9.59. The lowest BCUT2D eigenvalue weighted by molar-refractivity contribution is -0.147. The fraction of sp³-hybridized carbons (Fsp3) is 0.412. The van der Waals surface area contributed by atoms with E-state index in [2.05, 4.69) is 36.6 Å². The molecule has 250 valence electrons. The Morgan fingerprint density at radius 1 is 1.09 bits per heavy atom. The van der Waals surface area contributed by atoms with E-state index in [0.29, 0.717) is 28.8 Å². The van der Waals surface area contributed by atoms with E-state index >= 15 is 0 Å². The molecule has 0 aliphatic heterocycles. The van der Waals surface area contributed by atoms with Crippen LogP contribution in [0.3, 0.4) is 0 Å². The van der Waals surface area contributed by atoms with E-state index in [-0.39, 0.29) is 36.1 Å². The number of aromatic hydroxyl groups is 1. The minimum Gasteiger partial charge on any atom is -0.508 e. The molecule has 2 amide bonds. The molecule has 8 N–H and O–H groups in total. The third-order valence-corrected chi connectivity index (χ3v) is 7.98. The van der Waals surface area contributed by atoms with Crippen molar-refractivity contribution in [2.45, 2.75) is 45.6 Å². The second kappa shape index (κ2) is 16.2. The van der Waals surface area contributed by atoms with Gasteiger partial charge in [0.2, 0.25) is 12.2 Å². The first-order valence-corrected chi connectivity index (χ1v) is 15.1. The van der Waals surface area contributed by atoms with E-state index in [4.69, 9.17) is 5.73 Å². The number of nitrogens with two attached hydrogens (primary N) is 1. The monoisotopic (exact) mass is 638 g/mol. The van der Waals surface area contributed by atoms with Gasteiger partial charge in [0.1, 0.15) is 22.8 Å². The number of nitrogens with one attached hydrogen (secondary N) is 2. The lowest BCUT2D eigenvalue weighted by Crippen LogP contribution is -2.58. The Morgan fingerprint density at radius 2 is 1.70 bits per heavy atom. The summed E-state index contributed by atoms with van der Waals surface area (Å²) >= 11 is 0. The highest BCUT2D eigenvalue weighted by Gasteiger charge is 2.60. The fourth-order valence-electron chi connectivity index (χ4n) is 5.74. The summed E-state index contributed by atoms with van der Waals surface area (Å²) in [4.78, 5) is 50.8. The van der Waals surface area contributed by atoms with Gasteiger partial charge in [0.15, 0.2) is 11.4 Å². The molecule has 1 fully saturated rings. The van der Waals surface area contributed by atoms with E-state index < -0.39 is 52.0 Å². The Balaban J connectivity index is 0.000000653. The van der Waals surface area contributed by atoms with Crippen molar-refractivity contribution < 1.29 is 39.6 Å². The molecule has 0 saturated heterocycles. The Kier molecular flexibility index (Phi) is 13.2. The number of primary amides is 1. The van der Waals surface area contributed by atoms with Crippen LogP contribution in [0.5, 0.6) is 5.75 Å². The molecule has 0 bridgehead atoms. The van der Waals surface area contributed by atoms with Crippen LogP contribution in [0.25, 0.3) is 16.9 Å². The first kappa shape index (κ1) is 37.7. The van der Waals surface area contributed by atoms with Crippen LogP contribution >= 0.6 is 0 Å². The SMILES string of the molecule is CC.CCN(C)C.CNC.NC(=O)C1=C(O)[C@@]2(O)C(=O)C3=C(O)c4c(O)ccc(-c5cccc(NC=O)c5)c4CC3C[C@H]2CC1=O. The number of aliphatic hydroxyl groups is 3. The van der Waals surface area contributed by atoms with E-state index in [9.17, 15) is 39.6 Å². The molecule has 2 aromatic rings. The van der Waals surface area contributed by atoms with E-state index in [0.717, 1.165) is 6.54 Å². The van der Waals surface area contributed by atoms with Crippen molar-refractivity contribution in [2.24, 2.45) is 17.6 Å². The Morgan fingerprint density at radius 3 is 2.24 bits per heavy atom. The second-order valence-corrected chi connectivity index (χ2v) is 11.1. The molecule has 0 heterocycles. The largest absolute Gasteiger partial charge is 0.508 e. The van der Waals surface area contributed by atoms with Crippen molar-refractivity contribution in [3.8, 4) is 16.9 Å². The number of Topliss-reactive ketones (excluding diaryl/α,β-unsaturated/α-hetero) is 2. The van der Waals surface area contributed by atoms with Crippen LogP contribution in [0.1, 0.15) is 44.7 Å². The van der Waals surface area contributed by atoms with Crippen molar-refractivity contribution in [3.63, 3.8) is 0 Å². The van der Waals surface area contributed by atoms with Crippen LogP contribution in [0.15, 0.2) is 53.3 Å². The molecule has 3 aliphatic carbocycles. The van der Waals surface area contributed by atoms with Crippen LogP contribution < -0.4 is 16.4 Å². The number of anilines is 1. The standard InChI is InChI=1S/C26H22N2O8.C4H11N.C2H7N.C2H6/c27-25(35)21-18(31)9-13-6-12-8-16-15(11-2-1-3-14(7-11)28-10-29)4-5-17(30)20(16)22(32)19(12)23(33)26(13,36)24(21)34;1-4-5(2)3;1-3-2;1-2/h1-5,7,10,12-13,30,32,34,36H,6,8-9H2,(H2,27,35)(H,28,29);4H2,1-3H3;3H,1-2H3;1-2H3/t12?,13-,26-;;;/m0.../s1. The van der Waals surface area contributed by atoms with Gasteiger partial charge in [0.05, 0.1) is 5.56 Å².